The Labute approximate surface area is 211 Å². The second-order valence-corrected chi connectivity index (χ2v) is 15.6. The lowest BCUT2D eigenvalue weighted by atomic mass is 9.41. The van der Waals surface area contributed by atoms with Crippen LogP contribution in [0.25, 0.3) is 0 Å². The zero-order valence-electron chi connectivity index (χ0n) is 23.9. The Morgan fingerprint density at radius 3 is 2.26 bits per heavy atom. The summed E-state index contributed by atoms with van der Waals surface area (Å²) >= 11 is 0. The molecule has 2 heteroatoms. The molecule has 34 heavy (non-hydrogen) atoms. The van der Waals surface area contributed by atoms with Gasteiger partial charge in [0.25, 0.3) is 0 Å². The fourth-order valence-electron chi connectivity index (χ4n) is 11.8. The van der Waals surface area contributed by atoms with Crippen LogP contribution in [0.3, 0.4) is 0 Å². The van der Waals surface area contributed by atoms with E-state index in [1.165, 1.54) is 70.6 Å². The molecule has 5 fully saturated rings. The molecule has 196 valence electrons. The Kier molecular flexibility index (Phi) is 5.98. The highest BCUT2D eigenvalue weighted by molar-refractivity contribution is 5.30. The molecule has 0 heterocycles. The Balaban J connectivity index is 1.32. The molecular weight excluding hydrogens is 416 g/mol. The molecule has 5 saturated carbocycles. The van der Waals surface area contributed by atoms with Crippen molar-refractivity contribution in [3.05, 3.63) is 0 Å². The first-order chi connectivity index (χ1) is 15.8. The molecule has 1 N–H and O–H groups in total. The summed E-state index contributed by atoms with van der Waals surface area (Å²) < 4.78 is 5.98. The first kappa shape index (κ1) is 25.6. The first-order valence-corrected chi connectivity index (χ1v) is 15.1. The van der Waals surface area contributed by atoms with Crippen LogP contribution in [0.2, 0.25) is 0 Å². The summed E-state index contributed by atoms with van der Waals surface area (Å²) in [5, 5.41) is 10.9. The fourth-order valence-corrected chi connectivity index (χ4v) is 11.8. The Morgan fingerprint density at radius 1 is 0.882 bits per heavy atom. The van der Waals surface area contributed by atoms with Gasteiger partial charge in [0.15, 0.2) is 0 Å². The molecule has 5 aliphatic carbocycles. The van der Waals surface area contributed by atoms with E-state index in [0.29, 0.717) is 21.7 Å². The Bertz CT molecular complexity index is 786. The topological polar surface area (TPSA) is 29.5 Å². The van der Waals surface area contributed by atoms with Crippen molar-refractivity contribution in [1.82, 2.24) is 0 Å². The van der Waals surface area contributed by atoms with Crippen molar-refractivity contribution in [3.63, 3.8) is 0 Å². The molecule has 2 spiro atoms. The lowest BCUT2D eigenvalue weighted by Gasteiger charge is -2.63. The molecule has 0 bridgehead atoms. The van der Waals surface area contributed by atoms with Gasteiger partial charge in [0.05, 0.1) is 11.7 Å². The number of hydrogen-bond donors (Lipinski definition) is 1. The lowest BCUT2D eigenvalue weighted by Crippen LogP contribution is -2.57. The molecular formula is C32H56O2. The number of rotatable bonds is 7. The Morgan fingerprint density at radius 2 is 1.56 bits per heavy atom. The van der Waals surface area contributed by atoms with Crippen LogP contribution < -0.4 is 0 Å². The van der Waals surface area contributed by atoms with Gasteiger partial charge in [-0.15, -0.1) is 0 Å². The van der Waals surface area contributed by atoms with Crippen molar-refractivity contribution in [2.45, 2.75) is 144 Å². The summed E-state index contributed by atoms with van der Waals surface area (Å²) in [6, 6.07) is 0. The summed E-state index contributed by atoms with van der Waals surface area (Å²) in [4.78, 5) is 0. The van der Waals surface area contributed by atoms with Crippen LogP contribution in [0, 0.1) is 50.7 Å². The van der Waals surface area contributed by atoms with E-state index in [1.807, 2.05) is 0 Å². The number of ether oxygens (including phenoxy) is 1. The summed E-state index contributed by atoms with van der Waals surface area (Å²) in [5.41, 5.74) is 2.34. The van der Waals surface area contributed by atoms with E-state index in [-0.39, 0.29) is 17.1 Å². The van der Waals surface area contributed by atoms with Crippen molar-refractivity contribution in [2.75, 3.05) is 6.61 Å². The van der Waals surface area contributed by atoms with E-state index in [2.05, 4.69) is 55.4 Å². The predicted molar refractivity (Wildman–Crippen MR) is 142 cm³/mol. The number of hydrogen-bond acceptors (Lipinski definition) is 2. The maximum atomic E-state index is 10.9. The van der Waals surface area contributed by atoms with Crippen molar-refractivity contribution >= 4 is 0 Å². The number of aliphatic hydroxyl groups excluding tert-OH is 1. The minimum absolute atomic E-state index is 0.0278. The first-order valence-electron chi connectivity index (χ1n) is 15.1. The van der Waals surface area contributed by atoms with Crippen molar-refractivity contribution < 1.29 is 9.84 Å². The van der Waals surface area contributed by atoms with Crippen LogP contribution in [-0.4, -0.2) is 23.4 Å². The summed E-state index contributed by atoms with van der Waals surface area (Å²) in [7, 11) is 0. The number of aliphatic hydroxyl groups is 1. The minimum atomic E-state index is -0.0915. The molecule has 0 radical (unpaired) electrons. The van der Waals surface area contributed by atoms with Crippen molar-refractivity contribution in [3.8, 4) is 0 Å². The third-order valence-electron chi connectivity index (χ3n) is 13.8. The van der Waals surface area contributed by atoms with Gasteiger partial charge in [0.2, 0.25) is 0 Å². The van der Waals surface area contributed by atoms with Crippen LogP contribution in [-0.2, 0) is 4.74 Å². The molecule has 2 nitrogen and oxygen atoms in total. The van der Waals surface area contributed by atoms with Gasteiger partial charge in [-0.1, -0.05) is 47.5 Å². The summed E-state index contributed by atoms with van der Waals surface area (Å²) in [5.74, 6) is 3.39. The van der Waals surface area contributed by atoms with E-state index < -0.39 is 0 Å². The van der Waals surface area contributed by atoms with Crippen LogP contribution in [0.4, 0.5) is 0 Å². The summed E-state index contributed by atoms with van der Waals surface area (Å²) in [6.07, 6.45) is 16.2. The van der Waals surface area contributed by atoms with E-state index in [1.54, 1.807) is 0 Å². The van der Waals surface area contributed by atoms with E-state index in [9.17, 15) is 5.11 Å². The van der Waals surface area contributed by atoms with Gasteiger partial charge in [-0.05, 0) is 136 Å². The maximum absolute atomic E-state index is 10.9. The van der Waals surface area contributed by atoms with Crippen LogP contribution >= 0.6 is 0 Å². The predicted octanol–water partition coefficient (Wildman–Crippen LogP) is 8.41. The average molecular weight is 473 g/mol. The second kappa shape index (κ2) is 7.96. The quantitative estimate of drug-likeness (QED) is 0.403. The lowest BCUT2D eigenvalue weighted by molar-refractivity contribution is -0.161. The van der Waals surface area contributed by atoms with E-state index in [0.717, 1.165) is 36.7 Å². The van der Waals surface area contributed by atoms with Crippen LogP contribution in [0.5, 0.6) is 0 Å². The molecule has 5 rings (SSSR count). The van der Waals surface area contributed by atoms with Gasteiger partial charge in [-0.2, -0.15) is 0 Å². The molecule has 9 atom stereocenters. The minimum Gasteiger partial charge on any atom is -0.393 e. The van der Waals surface area contributed by atoms with Gasteiger partial charge in [-0.25, -0.2) is 0 Å². The zero-order chi connectivity index (χ0) is 24.8. The highest BCUT2D eigenvalue weighted by Crippen LogP contribution is 2.89. The van der Waals surface area contributed by atoms with E-state index in [4.69, 9.17) is 4.74 Å². The van der Waals surface area contributed by atoms with E-state index >= 15 is 0 Å². The molecule has 0 aromatic heterocycles. The van der Waals surface area contributed by atoms with Gasteiger partial charge in [0, 0.05) is 6.61 Å². The fraction of sp³-hybridized carbons (Fsp3) is 1.00. The van der Waals surface area contributed by atoms with Crippen LogP contribution in [0.15, 0.2) is 0 Å². The highest BCUT2D eigenvalue weighted by Gasteiger charge is 2.82. The van der Waals surface area contributed by atoms with Gasteiger partial charge >= 0.3 is 0 Å². The molecule has 0 aliphatic heterocycles. The summed E-state index contributed by atoms with van der Waals surface area (Å²) in [6.45, 7) is 20.3. The molecule has 0 aromatic rings. The zero-order valence-corrected chi connectivity index (χ0v) is 23.9. The third-order valence-corrected chi connectivity index (χ3v) is 13.8. The molecule has 0 saturated heterocycles. The van der Waals surface area contributed by atoms with Gasteiger partial charge in [-0.3, -0.25) is 0 Å². The molecule has 0 unspecified atom stereocenters. The monoisotopic (exact) mass is 472 g/mol. The van der Waals surface area contributed by atoms with Gasteiger partial charge < -0.3 is 9.84 Å². The number of fused-ring (bicyclic) bond motifs is 2. The Hall–Kier alpha value is -0.0800. The smallest absolute Gasteiger partial charge is 0.0626 e. The maximum Gasteiger partial charge on any atom is 0.0626 e. The van der Waals surface area contributed by atoms with Crippen molar-refractivity contribution in [2.24, 2.45) is 50.7 Å². The van der Waals surface area contributed by atoms with Gasteiger partial charge in [0.1, 0.15) is 0 Å². The SMILES string of the molecule is CCOC(C)(C)CCC[C@@H](C)[C@H]1CC[C@]2(C)[C@H]3CC[C@@H]4C(C)(C)[C@@H](O)CC[C@@]45C[C@@]35CC[C@]12C. The molecule has 5 aliphatic rings. The third kappa shape index (κ3) is 3.25. The molecule has 0 aromatic carbocycles. The normalized spacial score (nSPS) is 50.0. The highest BCUT2D eigenvalue weighted by atomic mass is 16.5. The van der Waals surface area contributed by atoms with Crippen LogP contribution in [0.1, 0.15) is 132 Å². The molecule has 0 amide bonds. The average Bonchev–Trinajstić information content (AvgIpc) is 3.33. The second-order valence-electron chi connectivity index (χ2n) is 15.6. The standard InChI is InChI=1S/C32H56O2/c1-9-34-27(3,4)16-10-11-22(2)23-14-17-30(8)25-13-12-24-28(5,6)26(33)15-18-31(24)21-32(25,31)20-19-29(23,30)7/h22-26,33H,9-21H2,1-8H3/t22-,23-,24-,25-,26+,29-,30-,31-,32+/m1/s1. The largest absolute Gasteiger partial charge is 0.393 e. The van der Waals surface area contributed by atoms with Crippen molar-refractivity contribution in [1.29, 1.82) is 0 Å².